The summed E-state index contributed by atoms with van der Waals surface area (Å²) in [5.74, 6) is 0.929. The number of benzene rings is 2. The SMILES string of the molecule is Cc1nn(-c2ccc(Cl)cc2)cc1-c1nc2c(OC(N)=O)cccc2[nH]1. The fourth-order valence-corrected chi connectivity index (χ4v) is 2.87. The molecule has 0 spiro atoms. The van der Waals surface area contributed by atoms with E-state index in [1.54, 1.807) is 16.8 Å². The van der Waals surface area contributed by atoms with Crippen molar-refractivity contribution in [2.24, 2.45) is 5.73 Å². The zero-order valence-electron chi connectivity index (χ0n) is 13.7. The van der Waals surface area contributed by atoms with Gasteiger partial charge in [-0.3, -0.25) is 0 Å². The highest BCUT2D eigenvalue weighted by atomic mass is 35.5. The second-order valence-corrected chi connectivity index (χ2v) is 6.14. The molecule has 0 aliphatic rings. The lowest BCUT2D eigenvalue weighted by Gasteiger charge is -2.00. The molecular weight excluding hydrogens is 354 g/mol. The third-order valence-electron chi connectivity index (χ3n) is 3.93. The Morgan fingerprint density at radius 1 is 1.23 bits per heavy atom. The molecule has 0 saturated heterocycles. The van der Waals surface area contributed by atoms with Crippen LogP contribution in [0.15, 0.2) is 48.7 Å². The van der Waals surface area contributed by atoms with Crippen LogP contribution in [0.1, 0.15) is 5.69 Å². The Labute approximate surface area is 153 Å². The number of hydrogen-bond acceptors (Lipinski definition) is 4. The average molecular weight is 368 g/mol. The number of nitrogens with two attached hydrogens (primary N) is 1. The molecule has 0 aliphatic heterocycles. The summed E-state index contributed by atoms with van der Waals surface area (Å²) < 4.78 is 6.77. The van der Waals surface area contributed by atoms with Crippen LogP contribution in [0.2, 0.25) is 5.02 Å². The van der Waals surface area contributed by atoms with Crippen molar-refractivity contribution in [2.75, 3.05) is 0 Å². The Bertz CT molecular complexity index is 1110. The van der Waals surface area contributed by atoms with Gasteiger partial charge < -0.3 is 15.5 Å². The number of imidazole rings is 1. The van der Waals surface area contributed by atoms with Crippen LogP contribution < -0.4 is 10.5 Å². The van der Waals surface area contributed by atoms with Crippen LogP contribution in [-0.2, 0) is 0 Å². The van der Waals surface area contributed by atoms with Crippen LogP contribution in [0, 0.1) is 6.92 Å². The van der Waals surface area contributed by atoms with Crippen LogP contribution in [0.25, 0.3) is 28.1 Å². The molecule has 130 valence electrons. The summed E-state index contributed by atoms with van der Waals surface area (Å²) in [4.78, 5) is 18.8. The van der Waals surface area contributed by atoms with Gasteiger partial charge in [-0.15, -0.1) is 0 Å². The lowest BCUT2D eigenvalue weighted by Crippen LogP contribution is -2.16. The first-order valence-corrected chi connectivity index (χ1v) is 8.17. The molecule has 4 aromatic rings. The average Bonchev–Trinajstić information content (AvgIpc) is 3.19. The normalized spacial score (nSPS) is 11.0. The molecule has 2 aromatic carbocycles. The molecule has 4 rings (SSSR count). The van der Waals surface area contributed by atoms with Crippen molar-refractivity contribution in [1.82, 2.24) is 19.7 Å². The van der Waals surface area contributed by atoms with Gasteiger partial charge in [0.05, 0.1) is 22.5 Å². The Morgan fingerprint density at radius 3 is 2.73 bits per heavy atom. The second kappa shape index (κ2) is 6.20. The van der Waals surface area contributed by atoms with Gasteiger partial charge in [0.15, 0.2) is 5.75 Å². The predicted octanol–water partition coefficient (Wildman–Crippen LogP) is 3.83. The summed E-state index contributed by atoms with van der Waals surface area (Å²) in [6.07, 6.45) is 0.999. The lowest BCUT2D eigenvalue weighted by atomic mass is 10.2. The number of aromatic nitrogens is 4. The van der Waals surface area contributed by atoms with Gasteiger partial charge in [-0.25, -0.2) is 14.5 Å². The minimum Gasteiger partial charge on any atom is -0.408 e. The molecule has 3 N–H and O–H groups in total. The summed E-state index contributed by atoms with van der Waals surface area (Å²) in [6, 6.07) is 12.6. The number of carbonyl (C=O) groups is 1. The number of H-pyrrole nitrogens is 1. The highest BCUT2D eigenvalue weighted by molar-refractivity contribution is 6.30. The summed E-state index contributed by atoms with van der Waals surface area (Å²) in [5.41, 5.74) is 8.90. The zero-order valence-corrected chi connectivity index (χ0v) is 14.5. The van der Waals surface area contributed by atoms with Crippen molar-refractivity contribution in [1.29, 1.82) is 0 Å². The van der Waals surface area contributed by atoms with Gasteiger partial charge in [0.25, 0.3) is 0 Å². The van der Waals surface area contributed by atoms with E-state index in [4.69, 9.17) is 22.1 Å². The largest absolute Gasteiger partial charge is 0.410 e. The van der Waals surface area contributed by atoms with Crippen LogP contribution in [-0.4, -0.2) is 25.8 Å². The number of rotatable bonds is 3. The smallest absolute Gasteiger partial charge is 0.408 e. The first-order chi connectivity index (χ1) is 12.5. The molecule has 0 atom stereocenters. The number of amides is 1. The molecule has 26 heavy (non-hydrogen) atoms. The number of nitrogens with zero attached hydrogens (tertiary/aromatic N) is 3. The fraction of sp³-hybridized carbons (Fsp3) is 0.0556. The van der Waals surface area contributed by atoms with Gasteiger partial charge in [-0.1, -0.05) is 17.7 Å². The maximum atomic E-state index is 11.1. The molecular formula is C18H14ClN5O2. The molecule has 0 aliphatic carbocycles. The van der Waals surface area contributed by atoms with E-state index < -0.39 is 6.09 Å². The summed E-state index contributed by atoms with van der Waals surface area (Å²) in [6.45, 7) is 1.90. The number of fused-ring (bicyclic) bond motifs is 1. The highest BCUT2D eigenvalue weighted by Crippen LogP contribution is 2.29. The summed E-state index contributed by atoms with van der Waals surface area (Å²) in [7, 11) is 0. The summed E-state index contributed by atoms with van der Waals surface area (Å²) >= 11 is 5.94. The number of hydrogen-bond donors (Lipinski definition) is 2. The van der Waals surface area contributed by atoms with Crippen LogP contribution in [0.3, 0.4) is 0 Å². The lowest BCUT2D eigenvalue weighted by molar-refractivity contribution is 0.211. The van der Waals surface area contributed by atoms with Crippen molar-refractivity contribution in [3.8, 4) is 22.8 Å². The van der Waals surface area contributed by atoms with Crippen molar-refractivity contribution in [3.05, 3.63) is 59.4 Å². The Kier molecular flexibility index (Phi) is 3.85. The van der Waals surface area contributed by atoms with Crippen LogP contribution >= 0.6 is 11.6 Å². The maximum Gasteiger partial charge on any atom is 0.410 e. The molecule has 0 radical (unpaired) electrons. The molecule has 0 bridgehead atoms. The third kappa shape index (κ3) is 2.89. The van der Waals surface area contributed by atoms with Crippen LogP contribution in [0.4, 0.5) is 4.79 Å². The minimum absolute atomic E-state index is 0.306. The molecule has 7 nitrogen and oxygen atoms in total. The number of aromatic amines is 1. The molecule has 2 heterocycles. The quantitative estimate of drug-likeness (QED) is 0.574. The van der Waals surface area contributed by atoms with E-state index in [9.17, 15) is 4.79 Å². The van der Waals surface area contributed by atoms with Crippen LogP contribution in [0.5, 0.6) is 5.75 Å². The highest BCUT2D eigenvalue weighted by Gasteiger charge is 2.15. The van der Waals surface area contributed by atoms with E-state index in [2.05, 4.69) is 15.1 Å². The molecule has 0 fully saturated rings. The minimum atomic E-state index is -0.881. The number of carbonyl (C=O) groups excluding carboxylic acids is 1. The first kappa shape index (κ1) is 16.2. The van der Waals surface area contributed by atoms with E-state index in [0.717, 1.165) is 22.5 Å². The number of ether oxygens (including phenoxy) is 1. The van der Waals surface area contributed by atoms with Crippen molar-refractivity contribution in [2.45, 2.75) is 6.92 Å². The monoisotopic (exact) mass is 367 g/mol. The number of nitrogens with one attached hydrogen (secondary N) is 1. The number of para-hydroxylation sites is 1. The number of primary amides is 1. The van der Waals surface area contributed by atoms with Gasteiger partial charge in [-0.2, -0.15) is 5.10 Å². The van der Waals surface area contributed by atoms with Gasteiger partial charge >= 0.3 is 6.09 Å². The maximum absolute atomic E-state index is 11.1. The van der Waals surface area contributed by atoms with E-state index in [1.807, 2.05) is 43.5 Å². The van der Waals surface area contributed by atoms with Crippen molar-refractivity contribution < 1.29 is 9.53 Å². The van der Waals surface area contributed by atoms with Gasteiger partial charge in [-0.05, 0) is 43.3 Å². The molecule has 0 saturated carbocycles. The van der Waals surface area contributed by atoms with Gasteiger partial charge in [0.1, 0.15) is 11.3 Å². The van der Waals surface area contributed by atoms with E-state index in [0.29, 0.717) is 22.1 Å². The Morgan fingerprint density at radius 2 is 2.00 bits per heavy atom. The fourth-order valence-electron chi connectivity index (χ4n) is 2.74. The van der Waals surface area contributed by atoms with E-state index >= 15 is 0 Å². The first-order valence-electron chi connectivity index (χ1n) is 7.80. The van der Waals surface area contributed by atoms with Gasteiger partial charge in [0, 0.05) is 11.2 Å². The third-order valence-corrected chi connectivity index (χ3v) is 4.18. The van der Waals surface area contributed by atoms with E-state index in [1.165, 1.54) is 0 Å². The molecule has 1 amide bonds. The second-order valence-electron chi connectivity index (χ2n) is 5.71. The van der Waals surface area contributed by atoms with Crippen molar-refractivity contribution in [3.63, 3.8) is 0 Å². The predicted molar refractivity (Wildman–Crippen MR) is 98.6 cm³/mol. The zero-order chi connectivity index (χ0) is 18.3. The Hall–Kier alpha value is -3.32. The number of aryl methyl sites for hydroxylation is 1. The Balaban J connectivity index is 1.78. The standard InChI is InChI=1S/C18H14ClN5O2/c1-10-13(9-24(23-10)12-7-5-11(19)6-8-12)17-21-14-3-2-4-15(16(14)22-17)26-18(20)25/h2-9H,1H3,(H2,20,25)(H,21,22). The molecule has 0 unspecified atom stereocenters. The molecule has 8 heteroatoms. The van der Waals surface area contributed by atoms with Gasteiger partial charge in [0.2, 0.25) is 0 Å². The molecule has 2 aromatic heterocycles. The van der Waals surface area contributed by atoms with E-state index in [-0.39, 0.29) is 0 Å². The summed E-state index contributed by atoms with van der Waals surface area (Å²) in [5, 5.41) is 5.20. The topological polar surface area (TPSA) is 98.8 Å². The van der Waals surface area contributed by atoms with Crippen molar-refractivity contribution >= 4 is 28.7 Å². The number of halogens is 1.